The maximum Gasteiger partial charge on any atom is 0.455 e. The number of phenolic OH excluding ortho intramolecular Hbond substituents is 1. The second-order valence-corrected chi connectivity index (χ2v) is 11.8. The zero-order valence-corrected chi connectivity index (χ0v) is 25.0. The van der Waals surface area contributed by atoms with Crippen molar-refractivity contribution in [3.8, 4) is 5.75 Å². The molecule has 2 fully saturated rings. The van der Waals surface area contributed by atoms with Crippen LogP contribution < -0.4 is 4.90 Å². The highest BCUT2D eigenvalue weighted by atomic mass is 19.4. The van der Waals surface area contributed by atoms with Crippen molar-refractivity contribution >= 4 is 30.7 Å². The Hall–Kier alpha value is -3.62. The van der Waals surface area contributed by atoms with Gasteiger partial charge in [0, 0.05) is 7.11 Å². The Morgan fingerprint density at radius 2 is 1.65 bits per heavy atom. The van der Waals surface area contributed by atoms with Crippen LogP contribution in [-0.2, 0) is 31.3 Å². The van der Waals surface area contributed by atoms with E-state index in [1.165, 1.54) is 7.11 Å². The molecule has 0 saturated carbocycles. The van der Waals surface area contributed by atoms with Crippen LogP contribution in [0.2, 0.25) is 6.32 Å². The molecule has 2 amide bonds. The number of nitrogens with zero attached hydrogens (tertiary/aromatic N) is 1. The van der Waals surface area contributed by atoms with Crippen LogP contribution in [0, 0.1) is 17.8 Å². The first kappa shape index (κ1) is 33.7. The van der Waals surface area contributed by atoms with E-state index >= 15 is 0 Å². The van der Waals surface area contributed by atoms with Crippen LogP contribution in [0.25, 0.3) is 6.08 Å². The number of ether oxygens (including phenoxy) is 1. The summed E-state index contributed by atoms with van der Waals surface area (Å²) < 4.78 is 93.1. The minimum Gasteiger partial charge on any atom is -0.508 e. The van der Waals surface area contributed by atoms with Crippen LogP contribution in [0.3, 0.4) is 0 Å². The van der Waals surface area contributed by atoms with Gasteiger partial charge in [0.15, 0.2) is 0 Å². The Labute approximate surface area is 261 Å². The van der Waals surface area contributed by atoms with Crippen LogP contribution in [0.4, 0.5) is 32.0 Å². The molecule has 3 aliphatic rings. The highest BCUT2D eigenvalue weighted by molar-refractivity contribution is 6.43. The summed E-state index contributed by atoms with van der Waals surface area (Å²) in [6.45, 7) is 2.03. The lowest BCUT2D eigenvalue weighted by molar-refractivity contribution is -0.143. The predicted octanol–water partition coefficient (Wildman–Crippen LogP) is 6.65. The molecular weight excluding hydrogens is 619 g/mol. The van der Waals surface area contributed by atoms with E-state index in [9.17, 15) is 46.1 Å². The lowest BCUT2D eigenvalue weighted by Crippen LogP contribution is -2.46. The normalized spacial score (nSPS) is 24.1. The number of anilines is 1. The monoisotopic (exact) mass is 651 g/mol. The average Bonchev–Trinajstić information content (AvgIpc) is 3.24. The van der Waals surface area contributed by atoms with Gasteiger partial charge in [-0.25, -0.2) is 4.90 Å². The van der Waals surface area contributed by atoms with Gasteiger partial charge in [-0.05, 0) is 85.0 Å². The van der Waals surface area contributed by atoms with Crippen molar-refractivity contribution in [3.63, 3.8) is 0 Å². The van der Waals surface area contributed by atoms with Gasteiger partial charge in [0.25, 0.3) is 0 Å². The van der Waals surface area contributed by atoms with Gasteiger partial charge in [-0.2, -0.15) is 26.3 Å². The summed E-state index contributed by atoms with van der Waals surface area (Å²) in [6.07, 6.45) is -7.53. The molecule has 2 aliphatic heterocycles. The Bertz CT molecular complexity index is 1520. The molecule has 2 aromatic rings. The van der Waals surface area contributed by atoms with Crippen LogP contribution in [0.5, 0.6) is 5.75 Å². The second kappa shape index (κ2) is 12.9. The topological polar surface area (TPSA) is 96.3 Å². The molecular formula is C32H32BF6NO6. The third-order valence-corrected chi connectivity index (χ3v) is 8.90. The quantitative estimate of drug-likeness (QED) is 0.144. The third-order valence-electron chi connectivity index (χ3n) is 8.90. The first-order valence-electron chi connectivity index (χ1n) is 14.8. The second-order valence-electron chi connectivity index (χ2n) is 11.8. The highest BCUT2D eigenvalue weighted by Crippen LogP contribution is 2.52. The third kappa shape index (κ3) is 6.74. The van der Waals surface area contributed by atoms with Crippen LogP contribution >= 0.6 is 0 Å². The molecule has 14 heteroatoms. The maximum absolute atomic E-state index is 13.9. The summed E-state index contributed by atoms with van der Waals surface area (Å²) in [5.74, 6) is -4.63. The van der Waals surface area contributed by atoms with Crippen LogP contribution in [0.1, 0.15) is 49.3 Å². The molecule has 0 bridgehead atoms. The molecule has 0 unspecified atom stereocenters. The average molecular weight is 651 g/mol. The summed E-state index contributed by atoms with van der Waals surface area (Å²) in [4.78, 5) is 28.0. The fourth-order valence-electron chi connectivity index (χ4n) is 6.87. The van der Waals surface area contributed by atoms with Crippen LogP contribution in [0.15, 0.2) is 59.2 Å². The van der Waals surface area contributed by atoms with Gasteiger partial charge in [0.05, 0.1) is 41.4 Å². The number of amides is 2. The number of phenols is 1. The van der Waals surface area contributed by atoms with Gasteiger partial charge in [-0.1, -0.05) is 30.7 Å². The van der Waals surface area contributed by atoms with E-state index in [0.29, 0.717) is 47.4 Å². The van der Waals surface area contributed by atoms with E-state index < -0.39 is 72.0 Å². The maximum atomic E-state index is 13.9. The fraction of sp³-hybridized carbons (Fsp3) is 0.438. The Morgan fingerprint density at radius 3 is 2.22 bits per heavy atom. The molecule has 7 nitrogen and oxygen atoms in total. The minimum absolute atomic E-state index is 0.00353. The van der Waals surface area contributed by atoms with Crippen molar-refractivity contribution in [2.75, 3.05) is 18.6 Å². The van der Waals surface area contributed by atoms with Crippen molar-refractivity contribution in [1.82, 2.24) is 0 Å². The number of imide groups is 1. The molecule has 1 aliphatic carbocycles. The van der Waals surface area contributed by atoms with E-state index in [1.807, 2.05) is 13.0 Å². The van der Waals surface area contributed by atoms with Gasteiger partial charge in [0.2, 0.25) is 11.8 Å². The molecule has 4 atom stereocenters. The Balaban J connectivity index is 1.48. The van der Waals surface area contributed by atoms with Crippen LogP contribution in [-0.4, -0.2) is 48.9 Å². The summed E-state index contributed by atoms with van der Waals surface area (Å²) in [5.41, 5.74) is -0.865. The van der Waals surface area contributed by atoms with Crippen molar-refractivity contribution in [2.24, 2.45) is 17.8 Å². The summed E-state index contributed by atoms with van der Waals surface area (Å²) in [6, 6.07) is 7.35. The van der Waals surface area contributed by atoms with Gasteiger partial charge < -0.3 is 19.5 Å². The lowest BCUT2D eigenvalue weighted by Gasteiger charge is -2.43. The number of allylic oxidation sites excluding steroid dienone is 1. The van der Waals surface area contributed by atoms with E-state index in [1.54, 1.807) is 24.3 Å². The molecule has 0 aromatic heterocycles. The lowest BCUT2D eigenvalue weighted by atomic mass is 9.58. The predicted molar refractivity (Wildman–Crippen MR) is 156 cm³/mol. The largest absolute Gasteiger partial charge is 0.508 e. The minimum atomic E-state index is -5.17. The first-order valence-corrected chi connectivity index (χ1v) is 14.8. The molecule has 2 aromatic carbocycles. The Morgan fingerprint density at radius 1 is 1.02 bits per heavy atom. The number of hydrogen-bond acceptors (Lipinski definition) is 6. The number of fused-ring (bicyclic) bond motifs is 3. The number of methoxy groups -OCH3 is 1. The molecule has 5 rings (SSSR count). The molecule has 0 radical (unpaired) electrons. The van der Waals surface area contributed by atoms with Crippen molar-refractivity contribution in [1.29, 1.82) is 0 Å². The molecule has 46 heavy (non-hydrogen) atoms. The summed E-state index contributed by atoms with van der Waals surface area (Å²) >= 11 is 0. The number of aromatic hydroxyl groups is 1. The summed E-state index contributed by atoms with van der Waals surface area (Å²) in [7, 11) is 0.113. The van der Waals surface area contributed by atoms with E-state index in [2.05, 4.69) is 0 Å². The number of carbonyl (C=O) groups is 2. The molecule has 2 heterocycles. The Kier molecular flexibility index (Phi) is 9.45. The number of hydrogen-bond donors (Lipinski definition) is 2. The molecule has 2 N–H and O–H groups in total. The fourth-order valence-corrected chi connectivity index (χ4v) is 6.87. The first-order chi connectivity index (χ1) is 21.6. The number of carbonyl (C=O) groups excluding carboxylic acids is 2. The number of alkyl halides is 6. The van der Waals surface area contributed by atoms with Crippen molar-refractivity contribution < 1.29 is 55.5 Å². The number of benzene rings is 2. The van der Waals surface area contributed by atoms with Gasteiger partial charge in [-0.3, -0.25) is 9.59 Å². The zero-order chi connectivity index (χ0) is 33.6. The highest BCUT2D eigenvalue weighted by Gasteiger charge is 2.58. The van der Waals surface area contributed by atoms with Gasteiger partial charge >= 0.3 is 19.5 Å². The molecule has 246 valence electrons. The van der Waals surface area contributed by atoms with E-state index in [4.69, 9.17) is 9.39 Å². The molecule has 2 saturated heterocycles. The molecule has 0 spiro atoms. The zero-order valence-electron chi connectivity index (χ0n) is 25.0. The van der Waals surface area contributed by atoms with Crippen molar-refractivity contribution in [3.05, 3.63) is 75.9 Å². The van der Waals surface area contributed by atoms with E-state index in [-0.39, 0.29) is 31.2 Å². The summed E-state index contributed by atoms with van der Waals surface area (Å²) in [5, 5.41) is 20.3. The van der Waals surface area contributed by atoms with Crippen molar-refractivity contribution in [2.45, 2.75) is 57.4 Å². The SMILES string of the molecule is CC/C(=C\c1ccc(O)cc1)CC[C@H]1OB(O)C[C@H]2C1=C(COC)C[C@H]1C(=O)N(c3cc(C(F)(F)F)cc(C(F)(F)F)c3)C(=O)[C@H]12. The number of halogens is 6. The standard InChI is InChI=1S/C32H32BF6NO6/c1-3-17(10-18-4-7-23(41)8-5-18)6-9-26-27-19(16-45-2)11-24-28(25(27)15-33(44)46-26)30(43)40(29(24)42)22-13-20(31(34,35)36)12-21(14-22)32(37,38)39/h4-5,7-8,10,12-14,24-26,28,41,44H,3,6,9,11,15-16H2,1-2H3/b17-10+/t24-,25+,26-,28-/m1/s1. The van der Waals surface area contributed by atoms with Gasteiger partial charge in [-0.15, -0.1) is 0 Å². The number of rotatable bonds is 8. The smallest absolute Gasteiger partial charge is 0.455 e. The van der Waals surface area contributed by atoms with Gasteiger partial charge in [0.1, 0.15) is 5.75 Å². The van der Waals surface area contributed by atoms with E-state index in [0.717, 1.165) is 11.1 Å².